The van der Waals surface area contributed by atoms with Gasteiger partial charge in [0.05, 0.1) is 11.0 Å². The van der Waals surface area contributed by atoms with Crippen LogP contribution in [0.15, 0.2) is 0 Å². The van der Waals surface area contributed by atoms with Crippen LogP contribution in [0.2, 0.25) is 0 Å². The average Bonchev–Trinajstić information content (AvgIpc) is 2.40. The van der Waals surface area contributed by atoms with Crippen LogP contribution < -0.4 is 5.32 Å². The van der Waals surface area contributed by atoms with Crippen molar-refractivity contribution in [2.45, 2.75) is 26.4 Å². The van der Waals surface area contributed by atoms with Crippen LogP contribution in [-0.4, -0.2) is 32.5 Å². The van der Waals surface area contributed by atoms with E-state index in [-0.39, 0.29) is 5.69 Å². The minimum atomic E-state index is -0.451. The van der Waals surface area contributed by atoms with Crippen LogP contribution in [0.4, 0.5) is 11.5 Å². The van der Waals surface area contributed by atoms with Crippen molar-refractivity contribution in [2.24, 2.45) is 7.05 Å². The normalized spacial score (nSPS) is 12.5. The summed E-state index contributed by atoms with van der Waals surface area (Å²) in [6.45, 7) is 3.74. The molecule has 0 saturated heterocycles. The van der Waals surface area contributed by atoms with Gasteiger partial charge in [0.25, 0.3) is 0 Å². The summed E-state index contributed by atoms with van der Waals surface area (Å²) >= 11 is 0. The SMILES string of the molecule is Cc1nn(C)c(NCCC(C)O)c1[N+](=O)[O-]. The first kappa shape index (κ1) is 12.4. The summed E-state index contributed by atoms with van der Waals surface area (Å²) < 4.78 is 1.44. The number of rotatable bonds is 5. The van der Waals surface area contributed by atoms with E-state index < -0.39 is 11.0 Å². The fourth-order valence-corrected chi connectivity index (χ4v) is 1.46. The van der Waals surface area contributed by atoms with E-state index in [9.17, 15) is 10.1 Å². The first-order valence-corrected chi connectivity index (χ1v) is 5.03. The van der Waals surface area contributed by atoms with Gasteiger partial charge < -0.3 is 10.4 Å². The van der Waals surface area contributed by atoms with E-state index in [0.717, 1.165) is 0 Å². The highest BCUT2D eigenvalue weighted by molar-refractivity contribution is 5.59. The first-order valence-electron chi connectivity index (χ1n) is 5.03. The molecular weight excluding hydrogens is 212 g/mol. The molecule has 1 atom stereocenters. The highest BCUT2D eigenvalue weighted by Crippen LogP contribution is 2.26. The molecule has 1 unspecified atom stereocenters. The zero-order valence-corrected chi connectivity index (χ0v) is 9.60. The number of nitrogens with zero attached hydrogens (tertiary/aromatic N) is 3. The highest BCUT2D eigenvalue weighted by atomic mass is 16.6. The van der Waals surface area contributed by atoms with Crippen molar-refractivity contribution >= 4 is 11.5 Å². The van der Waals surface area contributed by atoms with Crippen molar-refractivity contribution < 1.29 is 10.0 Å². The Morgan fingerprint density at radius 3 is 2.81 bits per heavy atom. The molecular formula is C9H16N4O3. The molecule has 90 valence electrons. The molecule has 7 heteroatoms. The maximum atomic E-state index is 10.8. The summed E-state index contributed by atoms with van der Waals surface area (Å²) in [6, 6.07) is 0. The van der Waals surface area contributed by atoms with E-state index in [1.165, 1.54) is 4.68 Å². The predicted molar refractivity (Wildman–Crippen MR) is 59.4 cm³/mol. The molecule has 0 spiro atoms. The number of anilines is 1. The van der Waals surface area contributed by atoms with E-state index >= 15 is 0 Å². The molecule has 2 N–H and O–H groups in total. The molecule has 1 rings (SSSR count). The van der Waals surface area contributed by atoms with Crippen molar-refractivity contribution in [2.75, 3.05) is 11.9 Å². The second-order valence-corrected chi connectivity index (χ2v) is 3.73. The average molecular weight is 228 g/mol. The Kier molecular flexibility index (Phi) is 3.83. The molecule has 0 radical (unpaired) electrons. The maximum absolute atomic E-state index is 10.8. The minimum absolute atomic E-state index is 0.00640. The smallest absolute Gasteiger partial charge is 0.333 e. The maximum Gasteiger partial charge on any atom is 0.333 e. The molecule has 0 aliphatic rings. The van der Waals surface area contributed by atoms with Gasteiger partial charge in [0.1, 0.15) is 5.69 Å². The van der Waals surface area contributed by atoms with Gasteiger partial charge in [0, 0.05) is 13.6 Å². The van der Waals surface area contributed by atoms with Gasteiger partial charge in [-0.05, 0) is 20.3 Å². The summed E-state index contributed by atoms with van der Waals surface area (Å²) in [4.78, 5) is 10.4. The second-order valence-electron chi connectivity index (χ2n) is 3.73. The summed E-state index contributed by atoms with van der Waals surface area (Å²) in [5.41, 5.74) is 0.375. The van der Waals surface area contributed by atoms with Gasteiger partial charge in [0.2, 0.25) is 5.82 Å². The Bertz CT molecular complexity index is 386. The van der Waals surface area contributed by atoms with E-state index in [4.69, 9.17) is 5.11 Å². The fraction of sp³-hybridized carbons (Fsp3) is 0.667. The van der Waals surface area contributed by atoms with Crippen LogP contribution in [0.25, 0.3) is 0 Å². The third-order valence-corrected chi connectivity index (χ3v) is 2.23. The van der Waals surface area contributed by atoms with Crippen molar-refractivity contribution in [1.29, 1.82) is 0 Å². The molecule has 0 amide bonds. The Morgan fingerprint density at radius 1 is 1.69 bits per heavy atom. The van der Waals surface area contributed by atoms with Crippen molar-refractivity contribution in [3.63, 3.8) is 0 Å². The molecule has 7 nitrogen and oxygen atoms in total. The molecule has 0 bridgehead atoms. The van der Waals surface area contributed by atoms with Crippen molar-refractivity contribution in [3.8, 4) is 0 Å². The minimum Gasteiger partial charge on any atom is -0.393 e. The summed E-state index contributed by atoms with van der Waals surface area (Å²) in [5.74, 6) is 0.378. The summed E-state index contributed by atoms with van der Waals surface area (Å²) in [5, 5.41) is 26.8. The van der Waals surface area contributed by atoms with Crippen LogP contribution in [0.1, 0.15) is 19.0 Å². The Balaban J connectivity index is 2.82. The molecule has 0 aliphatic heterocycles. The van der Waals surface area contributed by atoms with Crippen molar-refractivity contribution in [1.82, 2.24) is 9.78 Å². The van der Waals surface area contributed by atoms with Crippen LogP contribution in [0, 0.1) is 17.0 Å². The van der Waals surface area contributed by atoms with Gasteiger partial charge in [0.15, 0.2) is 0 Å². The number of hydrogen-bond donors (Lipinski definition) is 2. The van der Waals surface area contributed by atoms with Gasteiger partial charge in [-0.25, -0.2) is 4.68 Å². The van der Waals surface area contributed by atoms with E-state index in [1.54, 1.807) is 20.9 Å². The lowest BCUT2D eigenvalue weighted by Gasteiger charge is -2.07. The van der Waals surface area contributed by atoms with Gasteiger partial charge in [-0.3, -0.25) is 10.1 Å². The monoisotopic (exact) mass is 228 g/mol. The van der Waals surface area contributed by atoms with Crippen LogP contribution >= 0.6 is 0 Å². The molecule has 0 saturated carbocycles. The van der Waals surface area contributed by atoms with Crippen LogP contribution in [-0.2, 0) is 7.05 Å². The quantitative estimate of drug-likeness (QED) is 0.574. The third-order valence-electron chi connectivity index (χ3n) is 2.23. The molecule has 1 aromatic rings. The van der Waals surface area contributed by atoms with Gasteiger partial charge >= 0.3 is 5.69 Å². The number of nitro groups is 1. The molecule has 0 aliphatic carbocycles. The largest absolute Gasteiger partial charge is 0.393 e. The standard InChI is InChI=1S/C9H16N4O3/c1-6(14)4-5-10-9-8(13(15)16)7(2)11-12(9)3/h6,10,14H,4-5H2,1-3H3. The number of hydrogen-bond acceptors (Lipinski definition) is 5. The van der Waals surface area contributed by atoms with Gasteiger partial charge in [-0.1, -0.05) is 0 Å². The zero-order chi connectivity index (χ0) is 12.3. The number of aromatic nitrogens is 2. The lowest BCUT2D eigenvalue weighted by molar-refractivity contribution is -0.384. The van der Waals surface area contributed by atoms with E-state index in [0.29, 0.717) is 24.5 Å². The highest BCUT2D eigenvalue weighted by Gasteiger charge is 2.23. The van der Waals surface area contributed by atoms with Gasteiger partial charge in [-0.2, -0.15) is 5.10 Å². The van der Waals surface area contributed by atoms with Crippen molar-refractivity contribution in [3.05, 3.63) is 15.8 Å². The predicted octanol–water partition coefficient (Wildman–Crippen LogP) is 0.820. The lowest BCUT2D eigenvalue weighted by Crippen LogP contribution is -2.12. The number of aryl methyl sites for hydroxylation is 2. The fourth-order valence-electron chi connectivity index (χ4n) is 1.46. The molecule has 1 aromatic heterocycles. The van der Waals surface area contributed by atoms with Crippen LogP contribution in [0.5, 0.6) is 0 Å². The molecule has 16 heavy (non-hydrogen) atoms. The van der Waals surface area contributed by atoms with Gasteiger partial charge in [-0.15, -0.1) is 0 Å². The molecule has 0 fully saturated rings. The number of aliphatic hydroxyl groups is 1. The number of nitrogens with one attached hydrogen (secondary N) is 1. The van der Waals surface area contributed by atoms with Crippen LogP contribution in [0.3, 0.4) is 0 Å². The summed E-state index contributed by atoms with van der Waals surface area (Å²) in [7, 11) is 1.64. The topological polar surface area (TPSA) is 93.2 Å². The Labute approximate surface area is 93.2 Å². The second kappa shape index (κ2) is 4.93. The summed E-state index contributed by atoms with van der Waals surface area (Å²) in [6.07, 6.45) is 0.0994. The third kappa shape index (κ3) is 2.69. The zero-order valence-electron chi connectivity index (χ0n) is 9.60. The Hall–Kier alpha value is -1.63. The first-order chi connectivity index (χ1) is 7.43. The molecule has 1 heterocycles. The molecule has 0 aromatic carbocycles. The van der Waals surface area contributed by atoms with E-state index in [2.05, 4.69) is 10.4 Å². The lowest BCUT2D eigenvalue weighted by atomic mass is 10.3. The van der Waals surface area contributed by atoms with E-state index in [1.807, 2.05) is 0 Å². The Morgan fingerprint density at radius 2 is 2.31 bits per heavy atom. The number of aliphatic hydroxyl groups excluding tert-OH is 1.